The first-order chi connectivity index (χ1) is 7.10. The van der Waals surface area contributed by atoms with Crippen molar-refractivity contribution in [2.45, 2.75) is 13.0 Å². The first-order valence-corrected chi connectivity index (χ1v) is 5.29. The molecule has 1 rings (SSSR count). The fourth-order valence-electron chi connectivity index (χ4n) is 0.975. The summed E-state index contributed by atoms with van der Waals surface area (Å²) < 4.78 is 5.77. The Kier molecular flexibility index (Phi) is 4.28. The number of ether oxygens (including phenoxy) is 1. The molecule has 0 saturated heterocycles. The monoisotopic (exact) mass is 275 g/mol. The summed E-state index contributed by atoms with van der Waals surface area (Å²) in [5.74, 6) is 1.01. The molecule has 0 aliphatic carbocycles. The van der Waals surface area contributed by atoms with Crippen molar-refractivity contribution in [2.75, 3.05) is 25.7 Å². The molecule has 0 amide bonds. The van der Waals surface area contributed by atoms with Crippen LogP contribution < -0.4 is 9.64 Å². The number of methoxy groups -OCH3 is 1. The summed E-state index contributed by atoms with van der Waals surface area (Å²) in [7, 11) is 3.37. The highest BCUT2D eigenvalue weighted by Gasteiger charge is 2.13. The Morgan fingerprint density at radius 3 is 2.87 bits per heavy atom. The SMILES string of the molecule is COc1nc(N(C)C(C)CO)ncc1Br. The molecule has 1 heterocycles. The molecule has 84 valence electrons. The van der Waals surface area contributed by atoms with Crippen LogP contribution in [-0.2, 0) is 0 Å². The molecule has 1 N–H and O–H groups in total. The second-order valence-electron chi connectivity index (χ2n) is 3.17. The zero-order valence-electron chi connectivity index (χ0n) is 8.94. The molecule has 0 spiro atoms. The molecule has 0 bridgehead atoms. The van der Waals surface area contributed by atoms with Gasteiger partial charge >= 0.3 is 0 Å². The minimum absolute atomic E-state index is 0.0316. The Morgan fingerprint density at radius 1 is 1.67 bits per heavy atom. The Balaban J connectivity index is 2.95. The van der Waals surface area contributed by atoms with Crippen LogP contribution in [-0.4, -0.2) is 41.9 Å². The third-order valence-corrected chi connectivity index (χ3v) is 2.68. The number of halogens is 1. The van der Waals surface area contributed by atoms with Crippen molar-refractivity contribution in [2.24, 2.45) is 0 Å². The molecule has 0 aromatic carbocycles. The van der Waals surface area contributed by atoms with E-state index in [1.807, 2.05) is 14.0 Å². The van der Waals surface area contributed by atoms with Gasteiger partial charge in [0.15, 0.2) is 0 Å². The fourth-order valence-corrected chi connectivity index (χ4v) is 1.33. The highest BCUT2D eigenvalue weighted by atomic mass is 79.9. The molecule has 6 heteroatoms. The van der Waals surface area contributed by atoms with Gasteiger partial charge in [-0.2, -0.15) is 4.98 Å². The summed E-state index contributed by atoms with van der Waals surface area (Å²) in [5.41, 5.74) is 0. The maximum Gasteiger partial charge on any atom is 0.232 e. The van der Waals surface area contributed by atoms with Crippen LogP contribution in [0.25, 0.3) is 0 Å². The lowest BCUT2D eigenvalue weighted by atomic mass is 10.3. The van der Waals surface area contributed by atoms with Crippen molar-refractivity contribution >= 4 is 21.9 Å². The van der Waals surface area contributed by atoms with E-state index in [2.05, 4.69) is 25.9 Å². The predicted molar refractivity (Wildman–Crippen MR) is 61.2 cm³/mol. The topological polar surface area (TPSA) is 58.5 Å². The van der Waals surface area contributed by atoms with Crippen LogP contribution in [0.15, 0.2) is 10.7 Å². The number of aliphatic hydroxyl groups excluding tert-OH is 1. The van der Waals surface area contributed by atoms with Crippen molar-refractivity contribution in [1.82, 2.24) is 9.97 Å². The van der Waals surface area contributed by atoms with Crippen LogP contribution in [0, 0.1) is 0 Å². The summed E-state index contributed by atoms with van der Waals surface area (Å²) in [4.78, 5) is 10.1. The lowest BCUT2D eigenvalue weighted by Gasteiger charge is -2.23. The lowest BCUT2D eigenvalue weighted by molar-refractivity contribution is 0.269. The number of anilines is 1. The molecule has 1 aromatic heterocycles. The van der Waals surface area contributed by atoms with E-state index in [4.69, 9.17) is 9.84 Å². The van der Waals surface area contributed by atoms with E-state index in [-0.39, 0.29) is 12.6 Å². The maximum atomic E-state index is 9.01. The molecule has 0 aliphatic heterocycles. The van der Waals surface area contributed by atoms with Crippen LogP contribution in [0.3, 0.4) is 0 Å². The van der Waals surface area contributed by atoms with Gasteiger partial charge in [-0.3, -0.25) is 0 Å². The summed E-state index contributed by atoms with van der Waals surface area (Å²) in [6.45, 7) is 1.94. The van der Waals surface area contributed by atoms with Gasteiger partial charge in [0.1, 0.15) is 0 Å². The average molecular weight is 276 g/mol. The van der Waals surface area contributed by atoms with E-state index >= 15 is 0 Å². The fraction of sp³-hybridized carbons (Fsp3) is 0.556. The normalized spacial score (nSPS) is 12.3. The van der Waals surface area contributed by atoms with Crippen LogP contribution in [0.2, 0.25) is 0 Å². The highest BCUT2D eigenvalue weighted by molar-refractivity contribution is 9.10. The molecular formula is C9H14BrN3O2. The van der Waals surface area contributed by atoms with Gasteiger partial charge < -0.3 is 14.7 Å². The van der Waals surface area contributed by atoms with Crippen LogP contribution in [0.1, 0.15) is 6.92 Å². The van der Waals surface area contributed by atoms with Gasteiger partial charge in [-0.15, -0.1) is 0 Å². The number of hydrogen-bond acceptors (Lipinski definition) is 5. The van der Waals surface area contributed by atoms with E-state index in [1.165, 1.54) is 0 Å². The molecule has 15 heavy (non-hydrogen) atoms. The van der Waals surface area contributed by atoms with Crippen LogP contribution in [0.5, 0.6) is 5.88 Å². The molecule has 1 atom stereocenters. The standard InChI is InChI=1S/C9H14BrN3O2/c1-6(5-14)13(2)9-11-4-7(10)8(12-9)15-3/h4,6,14H,5H2,1-3H3. The first kappa shape index (κ1) is 12.2. The van der Waals surface area contributed by atoms with Gasteiger partial charge in [0.25, 0.3) is 0 Å². The minimum atomic E-state index is -0.0316. The van der Waals surface area contributed by atoms with Gasteiger partial charge in [-0.1, -0.05) is 0 Å². The Hall–Kier alpha value is -0.880. The smallest absolute Gasteiger partial charge is 0.232 e. The van der Waals surface area contributed by atoms with Crippen LogP contribution in [0.4, 0.5) is 5.95 Å². The zero-order valence-corrected chi connectivity index (χ0v) is 10.5. The van der Waals surface area contributed by atoms with Gasteiger partial charge in [0, 0.05) is 7.05 Å². The van der Waals surface area contributed by atoms with Crippen molar-refractivity contribution in [1.29, 1.82) is 0 Å². The number of likely N-dealkylation sites (N-methyl/N-ethyl adjacent to an activating group) is 1. The second-order valence-corrected chi connectivity index (χ2v) is 4.02. The van der Waals surface area contributed by atoms with E-state index in [0.29, 0.717) is 16.3 Å². The van der Waals surface area contributed by atoms with Crippen molar-refractivity contribution < 1.29 is 9.84 Å². The number of rotatable bonds is 4. The first-order valence-electron chi connectivity index (χ1n) is 4.50. The van der Waals surface area contributed by atoms with E-state index in [1.54, 1.807) is 18.2 Å². The molecule has 0 saturated carbocycles. The Bertz CT molecular complexity index is 335. The zero-order chi connectivity index (χ0) is 11.4. The second kappa shape index (κ2) is 5.27. The average Bonchev–Trinajstić information content (AvgIpc) is 2.27. The summed E-state index contributed by atoms with van der Waals surface area (Å²) >= 11 is 3.28. The number of nitrogens with zero attached hydrogens (tertiary/aromatic N) is 3. The largest absolute Gasteiger partial charge is 0.480 e. The van der Waals surface area contributed by atoms with Crippen molar-refractivity contribution in [3.8, 4) is 5.88 Å². The Labute approximate surface area is 97.2 Å². The molecular weight excluding hydrogens is 262 g/mol. The summed E-state index contributed by atoms with van der Waals surface area (Å²) in [6, 6.07) is -0.0316. The third-order valence-electron chi connectivity index (χ3n) is 2.13. The number of aliphatic hydroxyl groups is 1. The van der Waals surface area contributed by atoms with Crippen molar-refractivity contribution in [3.05, 3.63) is 10.7 Å². The van der Waals surface area contributed by atoms with E-state index in [9.17, 15) is 0 Å². The molecule has 0 radical (unpaired) electrons. The lowest BCUT2D eigenvalue weighted by Crippen LogP contribution is -2.33. The predicted octanol–water partition coefficient (Wildman–Crippen LogP) is 1.06. The Morgan fingerprint density at radius 2 is 2.33 bits per heavy atom. The molecule has 0 fully saturated rings. The minimum Gasteiger partial charge on any atom is -0.480 e. The quantitative estimate of drug-likeness (QED) is 0.891. The van der Waals surface area contributed by atoms with E-state index < -0.39 is 0 Å². The number of aromatic nitrogens is 2. The molecule has 1 aromatic rings. The van der Waals surface area contributed by atoms with Crippen molar-refractivity contribution in [3.63, 3.8) is 0 Å². The highest BCUT2D eigenvalue weighted by Crippen LogP contribution is 2.23. The summed E-state index contributed by atoms with van der Waals surface area (Å²) in [5, 5.41) is 9.01. The maximum absolute atomic E-state index is 9.01. The third kappa shape index (κ3) is 2.79. The van der Waals surface area contributed by atoms with E-state index in [0.717, 1.165) is 0 Å². The molecule has 0 aliphatic rings. The summed E-state index contributed by atoms with van der Waals surface area (Å²) in [6.07, 6.45) is 1.63. The van der Waals surface area contributed by atoms with Gasteiger partial charge in [0.2, 0.25) is 11.8 Å². The van der Waals surface area contributed by atoms with Gasteiger partial charge in [0.05, 0.1) is 30.4 Å². The van der Waals surface area contributed by atoms with Gasteiger partial charge in [-0.25, -0.2) is 4.98 Å². The molecule has 1 unspecified atom stereocenters. The van der Waals surface area contributed by atoms with Crippen LogP contribution >= 0.6 is 15.9 Å². The van der Waals surface area contributed by atoms with Gasteiger partial charge in [-0.05, 0) is 22.9 Å². The molecule has 5 nitrogen and oxygen atoms in total. The number of hydrogen-bond donors (Lipinski definition) is 1.